The molecule has 92 valence electrons. The second-order valence-corrected chi connectivity index (χ2v) is 5.72. The van der Waals surface area contributed by atoms with E-state index in [1.165, 1.54) is 7.11 Å². The van der Waals surface area contributed by atoms with Crippen molar-refractivity contribution in [1.29, 1.82) is 0 Å². The number of methoxy groups -OCH3 is 1. The molecule has 4 nitrogen and oxygen atoms in total. The van der Waals surface area contributed by atoms with Crippen molar-refractivity contribution in [1.82, 2.24) is 0 Å². The molecular weight excluding hydrogens is 208 g/mol. The van der Waals surface area contributed by atoms with Crippen LogP contribution < -0.4 is 0 Å². The van der Waals surface area contributed by atoms with Gasteiger partial charge < -0.3 is 14.2 Å². The summed E-state index contributed by atoms with van der Waals surface area (Å²) in [7, 11) is 1.43. The molecule has 1 saturated heterocycles. The highest BCUT2D eigenvalue weighted by atomic mass is 16.7. The second kappa shape index (κ2) is 3.44. The molecule has 3 atom stereocenters. The zero-order chi connectivity index (χ0) is 12.1. The van der Waals surface area contributed by atoms with Crippen LogP contribution in [-0.2, 0) is 19.0 Å². The Morgan fingerprint density at radius 2 is 1.94 bits per heavy atom. The number of rotatable bonds is 2. The Morgan fingerprint density at radius 1 is 1.31 bits per heavy atom. The zero-order valence-electron chi connectivity index (χ0n) is 10.6. The number of ether oxygens (including phenoxy) is 3. The maximum atomic E-state index is 11.6. The number of carbonyl (C=O) groups excluding carboxylic acids is 1. The van der Waals surface area contributed by atoms with Gasteiger partial charge in [0.2, 0.25) is 0 Å². The van der Waals surface area contributed by atoms with E-state index >= 15 is 0 Å². The van der Waals surface area contributed by atoms with Gasteiger partial charge in [0.15, 0.2) is 5.79 Å². The average molecular weight is 228 g/mol. The van der Waals surface area contributed by atoms with Crippen molar-refractivity contribution in [3.8, 4) is 0 Å². The van der Waals surface area contributed by atoms with Gasteiger partial charge in [0.1, 0.15) is 0 Å². The molecule has 1 saturated carbocycles. The molecule has 16 heavy (non-hydrogen) atoms. The largest absolute Gasteiger partial charge is 0.469 e. The van der Waals surface area contributed by atoms with Crippen LogP contribution in [0.15, 0.2) is 0 Å². The smallest absolute Gasteiger partial charge is 0.309 e. The molecular formula is C12H20O4. The molecule has 2 aliphatic rings. The van der Waals surface area contributed by atoms with Crippen LogP contribution in [0.3, 0.4) is 0 Å². The van der Waals surface area contributed by atoms with Crippen molar-refractivity contribution >= 4 is 5.97 Å². The van der Waals surface area contributed by atoms with Crippen molar-refractivity contribution in [2.75, 3.05) is 13.7 Å². The summed E-state index contributed by atoms with van der Waals surface area (Å²) in [5, 5.41) is 0. The van der Waals surface area contributed by atoms with Crippen molar-refractivity contribution < 1.29 is 19.0 Å². The van der Waals surface area contributed by atoms with Gasteiger partial charge in [-0.15, -0.1) is 0 Å². The molecule has 1 aliphatic carbocycles. The van der Waals surface area contributed by atoms with Gasteiger partial charge in [0, 0.05) is 5.92 Å². The van der Waals surface area contributed by atoms with Gasteiger partial charge in [-0.2, -0.15) is 0 Å². The van der Waals surface area contributed by atoms with Crippen LogP contribution in [0.2, 0.25) is 0 Å². The topological polar surface area (TPSA) is 44.8 Å². The lowest BCUT2D eigenvalue weighted by Gasteiger charge is -2.17. The van der Waals surface area contributed by atoms with E-state index in [0.29, 0.717) is 6.61 Å². The highest BCUT2D eigenvalue weighted by Gasteiger charge is 2.67. The minimum absolute atomic E-state index is 0.00843. The Labute approximate surface area is 96.2 Å². The summed E-state index contributed by atoms with van der Waals surface area (Å²) in [5.74, 6) is -0.505. The summed E-state index contributed by atoms with van der Waals surface area (Å²) in [6.45, 7) is 8.52. The van der Waals surface area contributed by atoms with E-state index in [1.807, 2.05) is 13.8 Å². The van der Waals surface area contributed by atoms with E-state index in [4.69, 9.17) is 14.2 Å². The van der Waals surface area contributed by atoms with Gasteiger partial charge in [-0.1, -0.05) is 13.8 Å². The summed E-state index contributed by atoms with van der Waals surface area (Å²) in [6, 6.07) is 0. The van der Waals surface area contributed by atoms with Gasteiger partial charge in [0.25, 0.3) is 0 Å². The fourth-order valence-corrected chi connectivity index (χ4v) is 2.84. The van der Waals surface area contributed by atoms with Gasteiger partial charge in [-0.05, 0) is 19.3 Å². The van der Waals surface area contributed by atoms with Crippen LogP contribution in [0.5, 0.6) is 0 Å². The van der Waals surface area contributed by atoms with Crippen molar-refractivity contribution in [3.05, 3.63) is 0 Å². The quantitative estimate of drug-likeness (QED) is 0.673. The minimum Gasteiger partial charge on any atom is -0.469 e. The fraction of sp³-hybridized carbons (Fsp3) is 0.917. The van der Waals surface area contributed by atoms with Gasteiger partial charge in [-0.3, -0.25) is 4.79 Å². The van der Waals surface area contributed by atoms with Gasteiger partial charge >= 0.3 is 5.97 Å². The molecule has 2 rings (SSSR count). The summed E-state index contributed by atoms with van der Waals surface area (Å²) in [5.41, 5.74) is -0.0401. The highest BCUT2D eigenvalue weighted by molar-refractivity contribution is 5.77. The fourth-order valence-electron chi connectivity index (χ4n) is 2.84. The minimum atomic E-state index is -0.524. The first-order valence-electron chi connectivity index (χ1n) is 5.69. The molecule has 1 aliphatic heterocycles. The predicted octanol–water partition coefficient (Wildman–Crippen LogP) is 1.58. The Kier molecular flexibility index (Phi) is 2.55. The molecule has 0 radical (unpaired) electrons. The summed E-state index contributed by atoms with van der Waals surface area (Å²) >= 11 is 0. The summed E-state index contributed by atoms with van der Waals surface area (Å²) < 4.78 is 16.2. The van der Waals surface area contributed by atoms with Gasteiger partial charge in [0.05, 0.1) is 25.7 Å². The van der Waals surface area contributed by atoms with Crippen LogP contribution in [0.1, 0.15) is 27.7 Å². The average Bonchev–Trinajstić information content (AvgIpc) is 2.55. The Bertz CT molecular complexity index is 308. The lowest BCUT2D eigenvalue weighted by Crippen LogP contribution is -2.23. The third-order valence-electron chi connectivity index (χ3n) is 3.80. The molecule has 1 heterocycles. The zero-order valence-corrected chi connectivity index (χ0v) is 10.6. The van der Waals surface area contributed by atoms with E-state index in [2.05, 4.69) is 13.8 Å². The summed E-state index contributed by atoms with van der Waals surface area (Å²) in [4.78, 5) is 11.6. The molecule has 0 N–H and O–H groups in total. The Morgan fingerprint density at radius 3 is 2.38 bits per heavy atom. The van der Waals surface area contributed by atoms with Crippen molar-refractivity contribution in [3.63, 3.8) is 0 Å². The third-order valence-corrected chi connectivity index (χ3v) is 3.80. The molecule has 0 aromatic carbocycles. The lowest BCUT2D eigenvalue weighted by molar-refractivity contribution is -0.147. The Hall–Kier alpha value is -0.610. The first-order valence-corrected chi connectivity index (χ1v) is 5.69. The van der Waals surface area contributed by atoms with E-state index in [-0.39, 0.29) is 29.3 Å². The van der Waals surface area contributed by atoms with Crippen LogP contribution in [0.4, 0.5) is 0 Å². The molecule has 0 aromatic rings. The number of hydrogen-bond acceptors (Lipinski definition) is 4. The molecule has 0 unspecified atom stereocenters. The highest BCUT2D eigenvalue weighted by Crippen LogP contribution is 2.62. The molecule has 0 bridgehead atoms. The van der Waals surface area contributed by atoms with E-state index in [0.717, 1.165) is 0 Å². The molecule has 0 spiro atoms. The Balaban J connectivity index is 2.05. The first kappa shape index (κ1) is 11.9. The molecule has 0 aromatic heterocycles. The maximum absolute atomic E-state index is 11.6. The van der Waals surface area contributed by atoms with Crippen molar-refractivity contribution in [2.24, 2.45) is 17.3 Å². The van der Waals surface area contributed by atoms with E-state index < -0.39 is 5.79 Å². The second-order valence-electron chi connectivity index (χ2n) is 5.72. The monoisotopic (exact) mass is 228 g/mol. The number of hydrogen-bond donors (Lipinski definition) is 0. The van der Waals surface area contributed by atoms with E-state index in [9.17, 15) is 4.79 Å². The van der Waals surface area contributed by atoms with Gasteiger partial charge in [-0.25, -0.2) is 0 Å². The van der Waals surface area contributed by atoms with Crippen LogP contribution >= 0.6 is 0 Å². The first-order chi connectivity index (χ1) is 7.29. The number of carbonyl (C=O) groups is 1. The predicted molar refractivity (Wildman–Crippen MR) is 57.7 cm³/mol. The SMILES string of the molecule is COC(=O)[C@@H]1[C@H]([C@H]2COC(C)(C)O2)C1(C)C. The number of esters is 1. The maximum Gasteiger partial charge on any atom is 0.309 e. The molecule has 4 heteroatoms. The summed E-state index contributed by atoms with van der Waals surface area (Å²) in [6.07, 6.45) is 0.00843. The standard InChI is InChI=1S/C12H20O4/c1-11(2)8(9(11)10(13)14-5)7-6-15-12(3,4)16-7/h7-9H,6H2,1-5H3/t7-,8+,9+/m1/s1. The van der Waals surface area contributed by atoms with Crippen LogP contribution in [0.25, 0.3) is 0 Å². The third kappa shape index (κ3) is 1.74. The van der Waals surface area contributed by atoms with Crippen LogP contribution in [0, 0.1) is 17.3 Å². The normalized spacial score (nSPS) is 39.4. The molecule has 0 amide bonds. The van der Waals surface area contributed by atoms with E-state index in [1.54, 1.807) is 0 Å². The van der Waals surface area contributed by atoms with Crippen molar-refractivity contribution in [2.45, 2.75) is 39.6 Å². The lowest BCUT2D eigenvalue weighted by atomic mass is 10.1. The molecule has 2 fully saturated rings. The van der Waals surface area contributed by atoms with Crippen LogP contribution in [-0.4, -0.2) is 31.6 Å².